The Labute approximate surface area is 75.6 Å². The van der Waals surface area contributed by atoms with Gasteiger partial charge in [-0.25, -0.2) is 0 Å². The predicted octanol–water partition coefficient (Wildman–Crippen LogP) is 1.27. The zero-order valence-electron chi connectivity index (χ0n) is 6.74. The fourth-order valence-electron chi connectivity index (χ4n) is 0.839. The second-order valence-electron chi connectivity index (χ2n) is 2.57. The molecule has 0 saturated heterocycles. The maximum atomic E-state index is 3.04. The van der Waals surface area contributed by atoms with Gasteiger partial charge in [0, 0.05) is 0 Å². The average molecular weight is 185 g/mol. The van der Waals surface area contributed by atoms with E-state index in [2.05, 4.69) is 32.9 Å². The fourth-order valence-corrected chi connectivity index (χ4v) is 1.05. The average Bonchev–Trinajstić information content (AvgIpc) is 2.05. The molecule has 0 amide bonds. The number of nitrogens with zero attached hydrogens (tertiary/aromatic N) is 1. The monoisotopic (exact) mass is 185 g/mol. The summed E-state index contributed by atoms with van der Waals surface area (Å²) in [4.78, 5) is 2.06. The van der Waals surface area contributed by atoms with E-state index in [-0.39, 0.29) is 0 Å². The van der Waals surface area contributed by atoms with Gasteiger partial charge in [0.25, 0.3) is 0 Å². The molecule has 11 heavy (non-hydrogen) atoms. The van der Waals surface area contributed by atoms with Crippen LogP contribution in [-0.4, -0.2) is 23.5 Å². The minimum atomic E-state index is 1.17. The van der Waals surface area contributed by atoms with Crippen LogP contribution in [0.4, 0.5) is 0 Å². The van der Waals surface area contributed by atoms with Crippen LogP contribution in [0.1, 0.15) is 5.56 Å². The second-order valence-corrected chi connectivity index (χ2v) is 3.17. The van der Waals surface area contributed by atoms with Crippen LogP contribution in [0.5, 0.6) is 0 Å². The predicted molar refractivity (Wildman–Crippen MR) is 44.2 cm³/mol. The van der Waals surface area contributed by atoms with E-state index < -0.39 is 0 Å². The van der Waals surface area contributed by atoms with E-state index in [1.807, 2.05) is 32.3 Å². The van der Waals surface area contributed by atoms with Crippen molar-refractivity contribution < 1.29 is 15.9 Å². The van der Waals surface area contributed by atoms with Gasteiger partial charge in [0.05, 0.1) is 0 Å². The van der Waals surface area contributed by atoms with E-state index in [9.17, 15) is 0 Å². The van der Waals surface area contributed by atoms with Crippen LogP contribution in [0.25, 0.3) is 0 Å². The first-order valence-corrected chi connectivity index (χ1v) is 4.12. The van der Waals surface area contributed by atoms with Crippen LogP contribution < -0.4 is 0 Å². The molecule has 1 nitrogen and oxygen atoms in total. The Bertz CT molecular complexity index is 241. The Morgan fingerprint density at radius 2 is 1.73 bits per heavy atom. The van der Waals surface area contributed by atoms with Gasteiger partial charge in [-0.2, -0.15) is 0 Å². The molecule has 0 saturated carbocycles. The van der Waals surface area contributed by atoms with Gasteiger partial charge in [-0.1, -0.05) is 0 Å². The molecule has 0 fully saturated rings. The number of benzene rings is 1. The third kappa shape index (κ3) is 2.27. The molecule has 0 aliphatic heterocycles. The van der Waals surface area contributed by atoms with Gasteiger partial charge >= 0.3 is 75.2 Å². The molecule has 0 aliphatic rings. The van der Waals surface area contributed by atoms with Crippen LogP contribution in [0.15, 0.2) is 30.3 Å². The molecule has 0 aromatic heterocycles. The summed E-state index contributed by atoms with van der Waals surface area (Å²) in [5.74, 6) is 0. The molecular formula is C9H11CrN. The summed E-state index contributed by atoms with van der Waals surface area (Å²) in [6.07, 6.45) is 0. The third-order valence-corrected chi connectivity index (χ3v) is 2.37. The van der Waals surface area contributed by atoms with Gasteiger partial charge < -0.3 is 0 Å². The number of hydrogen-bond donors (Lipinski definition) is 0. The van der Waals surface area contributed by atoms with Crippen molar-refractivity contribution in [3.05, 3.63) is 35.9 Å². The molecule has 0 radical (unpaired) electrons. The zero-order chi connectivity index (χ0) is 8.27. The first kappa shape index (κ1) is 8.68. The van der Waals surface area contributed by atoms with Gasteiger partial charge in [-0.3, -0.25) is 0 Å². The Morgan fingerprint density at radius 1 is 1.18 bits per heavy atom. The molecule has 1 aromatic carbocycles. The molecule has 0 spiro atoms. The Hall–Kier alpha value is -0.418. The van der Waals surface area contributed by atoms with E-state index in [0.717, 1.165) is 0 Å². The van der Waals surface area contributed by atoms with Crippen molar-refractivity contribution in [3.8, 4) is 0 Å². The van der Waals surface area contributed by atoms with Crippen molar-refractivity contribution in [3.63, 3.8) is 0 Å². The number of hydrogen-bond acceptors (Lipinski definition) is 1. The molecule has 1 rings (SSSR count). The summed E-state index contributed by atoms with van der Waals surface area (Å²) < 4.78 is 1.17. The topological polar surface area (TPSA) is 3.24 Å². The fraction of sp³-hybridized carbons (Fsp3) is 0.222. The van der Waals surface area contributed by atoms with Crippen molar-refractivity contribution in [2.75, 3.05) is 14.1 Å². The normalized spacial score (nSPS) is 10.1. The molecule has 0 aliphatic carbocycles. The molecule has 58 valence electrons. The zero-order valence-corrected chi connectivity index (χ0v) is 8.02. The van der Waals surface area contributed by atoms with Crippen LogP contribution in [0.2, 0.25) is 0 Å². The summed E-state index contributed by atoms with van der Waals surface area (Å²) in [5, 5.41) is 0. The van der Waals surface area contributed by atoms with Crippen molar-refractivity contribution in [1.82, 2.24) is 4.90 Å². The summed E-state index contributed by atoms with van der Waals surface area (Å²) >= 11 is 3.04. The van der Waals surface area contributed by atoms with E-state index >= 15 is 0 Å². The van der Waals surface area contributed by atoms with Crippen LogP contribution >= 0.6 is 0 Å². The number of rotatable bonds is 2. The standard InChI is InChI=1S/C9H11N.Cr/c1-10(2)8-9-6-4-3-5-7-9;/h3-7H,1-2H3;. The molecule has 0 bridgehead atoms. The van der Waals surface area contributed by atoms with Gasteiger partial charge in [0.1, 0.15) is 0 Å². The minimum absolute atomic E-state index is 1.17. The molecule has 1 aromatic rings. The van der Waals surface area contributed by atoms with Crippen molar-refractivity contribution in [2.45, 2.75) is 0 Å². The third-order valence-electron chi connectivity index (χ3n) is 1.43. The van der Waals surface area contributed by atoms with Gasteiger partial charge in [-0.05, 0) is 0 Å². The van der Waals surface area contributed by atoms with E-state index in [1.54, 1.807) is 0 Å². The summed E-state index contributed by atoms with van der Waals surface area (Å²) in [5.41, 5.74) is 1.23. The second kappa shape index (κ2) is 3.83. The Morgan fingerprint density at radius 3 is 2.18 bits per heavy atom. The Kier molecular flexibility index (Phi) is 3.02. The molecule has 0 N–H and O–H groups in total. The van der Waals surface area contributed by atoms with E-state index in [1.165, 1.54) is 10.1 Å². The van der Waals surface area contributed by atoms with Crippen LogP contribution in [0.3, 0.4) is 0 Å². The van der Waals surface area contributed by atoms with Crippen LogP contribution in [0, 0.1) is 0 Å². The van der Waals surface area contributed by atoms with Crippen LogP contribution in [-0.2, 0) is 15.9 Å². The molecule has 2 heteroatoms. The van der Waals surface area contributed by atoms with Gasteiger partial charge in [-0.15, -0.1) is 0 Å². The quantitative estimate of drug-likeness (QED) is 0.670. The van der Waals surface area contributed by atoms with Crippen molar-refractivity contribution in [1.29, 1.82) is 0 Å². The Balaban J connectivity index is 2.86. The van der Waals surface area contributed by atoms with E-state index in [0.29, 0.717) is 0 Å². The van der Waals surface area contributed by atoms with Crippen molar-refractivity contribution >= 4 is 4.50 Å². The first-order valence-electron chi connectivity index (χ1n) is 3.48. The molecule has 0 atom stereocenters. The first-order chi connectivity index (χ1) is 5.22. The van der Waals surface area contributed by atoms with Gasteiger partial charge in [0.15, 0.2) is 0 Å². The summed E-state index contributed by atoms with van der Waals surface area (Å²) in [7, 11) is 4.05. The SMILES string of the molecule is CN(C)[C](=[Cr])c1ccccc1. The van der Waals surface area contributed by atoms with Crippen molar-refractivity contribution in [2.24, 2.45) is 0 Å². The molecule has 0 heterocycles. The summed E-state index contributed by atoms with van der Waals surface area (Å²) in [6, 6.07) is 10.3. The van der Waals surface area contributed by atoms with E-state index in [4.69, 9.17) is 0 Å². The van der Waals surface area contributed by atoms with Gasteiger partial charge in [0.2, 0.25) is 0 Å². The molecular weight excluding hydrogens is 174 g/mol. The summed E-state index contributed by atoms with van der Waals surface area (Å²) in [6.45, 7) is 0. The molecule has 0 unspecified atom stereocenters. The maximum absolute atomic E-state index is 3.04.